The maximum Gasteiger partial charge on any atom is 0.280 e. The summed E-state index contributed by atoms with van der Waals surface area (Å²) in [6, 6.07) is 11.5. The molecule has 0 fully saturated rings. The molecule has 0 bridgehead atoms. The molecule has 0 saturated heterocycles. The number of rotatable bonds is 4. The van der Waals surface area contributed by atoms with Gasteiger partial charge in [0.2, 0.25) is 0 Å². The molecular weight excluding hydrogens is 325 g/mol. The van der Waals surface area contributed by atoms with Crippen molar-refractivity contribution in [3.05, 3.63) is 81.5 Å². The average molecular weight is 338 g/mol. The monoisotopic (exact) mass is 338 g/mol. The molecule has 3 rings (SSSR count). The lowest BCUT2D eigenvalue weighted by molar-refractivity contribution is -0.254. The van der Waals surface area contributed by atoms with Crippen LogP contribution >= 0.6 is 0 Å². The van der Waals surface area contributed by atoms with Crippen LogP contribution in [0.1, 0.15) is 21.6 Å². The Balaban J connectivity index is 2.01. The minimum absolute atomic E-state index is 0.0641. The molecule has 0 amide bonds. The summed E-state index contributed by atoms with van der Waals surface area (Å²) in [4.78, 5) is 27.7. The summed E-state index contributed by atoms with van der Waals surface area (Å²) in [6.45, 7) is 1.69. The van der Waals surface area contributed by atoms with Crippen molar-refractivity contribution in [1.29, 1.82) is 0 Å². The van der Waals surface area contributed by atoms with E-state index in [4.69, 9.17) is 0 Å². The topological polar surface area (TPSA) is 90.3 Å². The number of H-pyrrole nitrogens is 1. The smallest absolute Gasteiger partial charge is 0.280 e. The summed E-state index contributed by atoms with van der Waals surface area (Å²) in [5.74, 6) is -1.75. The van der Waals surface area contributed by atoms with Gasteiger partial charge in [0.05, 0.1) is 22.9 Å². The number of carbonyl (C=O) groups is 1. The highest BCUT2D eigenvalue weighted by Crippen LogP contribution is 2.18. The second-order valence-corrected chi connectivity index (χ2v) is 5.33. The summed E-state index contributed by atoms with van der Waals surface area (Å²) in [5, 5.41) is 14.0. The number of nitrogens with one attached hydrogen (secondary N) is 1. The Morgan fingerprint density at radius 2 is 1.88 bits per heavy atom. The van der Waals surface area contributed by atoms with Gasteiger partial charge in [-0.25, -0.2) is 9.07 Å². The molecule has 0 spiro atoms. The van der Waals surface area contributed by atoms with Gasteiger partial charge in [0.15, 0.2) is 0 Å². The molecule has 1 N–H and O–H groups in total. The maximum absolute atomic E-state index is 13.0. The molecule has 126 valence electrons. The van der Waals surface area contributed by atoms with E-state index in [9.17, 15) is 19.1 Å². The van der Waals surface area contributed by atoms with Crippen molar-refractivity contribution < 1.29 is 14.3 Å². The van der Waals surface area contributed by atoms with Gasteiger partial charge in [-0.3, -0.25) is 14.9 Å². The third kappa shape index (κ3) is 3.25. The molecule has 0 aliphatic carbocycles. The maximum atomic E-state index is 13.0. The fourth-order valence-electron chi connectivity index (χ4n) is 2.38. The molecule has 3 aromatic rings. The van der Waals surface area contributed by atoms with Crippen molar-refractivity contribution in [2.45, 2.75) is 6.92 Å². The quantitative estimate of drug-likeness (QED) is 0.735. The van der Waals surface area contributed by atoms with Crippen LogP contribution in [-0.2, 0) is 0 Å². The van der Waals surface area contributed by atoms with Crippen molar-refractivity contribution in [1.82, 2.24) is 9.78 Å². The van der Waals surface area contributed by atoms with Crippen molar-refractivity contribution in [3.8, 4) is 5.69 Å². The second-order valence-electron chi connectivity index (χ2n) is 5.33. The average Bonchev–Trinajstić information content (AvgIpc) is 2.88. The van der Waals surface area contributed by atoms with Crippen LogP contribution < -0.4 is 10.7 Å². The Morgan fingerprint density at radius 3 is 2.56 bits per heavy atom. The van der Waals surface area contributed by atoms with Gasteiger partial charge >= 0.3 is 0 Å². The number of aromatic nitrogens is 2. The van der Waals surface area contributed by atoms with Gasteiger partial charge in [-0.1, -0.05) is 18.2 Å². The number of carboxylic acid groups (broad SMARTS) is 1. The standard InChI is InChI=1S/C18H14FN3O3/c1-11-15(10-20-16-5-3-2-4-14(16)18(24)25)17(23)22(21-11)13-8-6-12(19)7-9-13/h2-10,21H,1H3,(H,24,25)/p-1. The molecule has 1 heterocycles. The number of benzene rings is 2. The molecule has 6 nitrogen and oxygen atoms in total. The van der Waals surface area contributed by atoms with E-state index in [0.29, 0.717) is 11.4 Å². The van der Waals surface area contributed by atoms with E-state index >= 15 is 0 Å². The van der Waals surface area contributed by atoms with Gasteiger partial charge in [-0.15, -0.1) is 0 Å². The number of hydrogen-bond donors (Lipinski definition) is 1. The molecule has 0 atom stereocenters. The third-order valence-electron chi connectivity index (χ3n) is 3.66. The molecule has 0 radical (unpaired) electrons. The van der Waals surface area contributed by atoms with Crippen molar-refractivity contribution >= 4 is 17.9 Å². The Bertz CT molecular complexity index is 1020. The number of aromatic carboxylic acids is 1. The highest BCUT2D eigenvalue weighted by Gasteiger charge is 2.11. The van der Waals surface area contributed by atoms with E-state index in [1.54, 1.807) is 19.1 Å². The second kappa shape index (κ2) is 6.56. The number of para-hydroxylation sites is 1. The number of carboxylic acids is 1. The lowest BCUT2D eigenvalue weighted by Crippen LogP contribution is -2.22. The van der Waals surface area contributed by atoms with Gasteiger partial charge in [0.25, 0.3) is 5.56 Å². The number of aliphatic imine (C=N–C) groups is 1. The summed E-state index contributed by atoms with van der Waals surface area (Å²) < 4.78 is 14.3. The van der Waals surface area contributed by atoms with E-state index in [2.05, 4.69) is 10.1 Å². The molecule has 0 saturated carbocycles. The molecule has 0 unspecified atom stereocenters. The van der Waals surface area contributed by atoms with Gasteiger partial charge in [-0.05, 0) is 37.3 Å². The fourth-order valence-corrected chi connectivity index (χ4v) is 2.38. The Kier molecular flexibility index (Phi) is 4.30. The Morgan fingerprint density at radius 1 is 1.20 bits per heavy atom. The Labute approximate surface area is 141 Å². The summed E-state index contributed by atoms with van der Waals surface area (Å²) >= 11 is 0. The number of nitrogens with zero attached hydrogens (tertiary/aromatic N) is 2. The first-order valence-corrected chi connectivity index (χ1v) is 7.39. The van der Waals surface area contributed by atoms with E-state index in [-0.39, 0.29) is 22.4 Å². The number of aryl methyl sites for hydroxylation is 1. The lowest BCUT2D eigenvalue weighted by Gasteiger charge is -2.04. The predicted molar refractivity (Wildman–Crippen MR) is 89.1 cm³/mol. The molecule has 25 heavy (non-hydrogen) atoms. The first kappa shape index (κ1) is 16.4. The van der Waals surface area contributed by atoms with E-state index < -0.39 is 11.8 Å². The normalized spacial score (nSPS) is 11.1. The number of aromatic amines is 1. The summed E-state index contributed by atoms with van der Waals surface area (Å²) in [5.41, 5.74) is 1.05. The molecule has 1 aromatic heterocycles. The zero-order chi connectivity index (χ0) is 18.0. The predicted octanol–water partition coefficient (Wildman–Crippen LogP) is 1.73. The first-order valence-electron chi connectivity index (χ1n) is 7.39. The van der Waals surface area contributed by atoms with Gasteiger partial charge in [-0.2, -0.15) is 0 Å². The SMILES string of the molecule is Cc1[nH]n(-c2ccc(F)cc2)c(=O)c1C=Nc1ccccc1C(=O)[O-]. The molecule has 0 aliphatic heterocycles. The molecule has 2 aromatic carbocycles. The van der Waals surface area contributed by atoms with Crippen molar-refractivity contribution in [3.63, 3.8) is 0 Å². The number of halogens is 1. The fraction of sp³-hybridized carbons (Fsp3) is 0.0556. The van der Waals surface area contributed by atoms with Crippen LogP contribution in [0.25, 0.3) is 5.69 Å². The largest absolute Gasteiger partial charge is 0.545 e. The van der Waals surface area contributed by atoms with Gasteiger partial charge < -0.3 is 9.90 Å². The molecule has 0 aliphatic rings. The minimum atomic E-state index is -1.35. The van der Waals surface area contributed by atoms with Crippen molar-refractivity contribution in [2.24, 2.45) is 4.99 Å². The number of carbonyl (C=O) groups excluding carboxylic acids is 1. The van der Waals surface area contributed by atoms with Gasteiger partial charge in [0, 0.05) is 17.5 Å². The molecule has 7 heteroatoms. The van der Waals surface area contributed by atoms with Crippen LogP contribution in [0.4, 0.5) is 10.1 Å². The zero-order valence-corrected chi connectivity index (χ0v) is 13.2. The number of hydrogen-bond acceptors (Lipinski definition) is 4. The van der Waals surface area contributed by atoms with Crippen molar-refractivity contribution in [2.75, 3.05) is 0 Å². The first-order chi connectivity index (χ1) is 12.0. The minimum Gasteiger partial charge on any atom is -0.545 e. The lowest BCUT2D eigenvalue weighted by atomic mass is 10.2. The van der Waals surface area contributed by atoms with Crippen LogP contribution in [0, 0.1) is 12.7 Å². The van der Waals surface area contributed by atoms with E-state index in [1.807, 2.05) is 0 Å². The highest BCUT2D eigenvalue weighted by molar-refractivity contribution is 5.93. The van der Waals surface area contributed by atoms with Crippen LogP contribution in [0.5, 0.6) is 0 Å². The van der Waals surface area contributed by atoms with Crippen LogP contribution in [0.15, 0.2) is 58.3 Å². The van der Waals surface area contributed by atoms with E-state index in [0.717, 1.165) is 0 Å². The molecular formula is C18H13FN3O3-. The van der Waals surface area contributed by atoms with Gasteiger partial charge in [0.1, 0.15) is 5.82 Å². The summed E-state index contributed by atoms with van der Waals surface area (Å²) in [7, 11) is 0. The van der Waals surface area contributed by atoms with E-state index in [1.165, 1.54) is 47.3 Å². The van der Waals surface area contributed by atoms with Crippen LogP contribution in [0.2, 0.25) is 0 Å². The van der Waals surface area contributed by atoms with Crippen LogP contribution in [-0.4, -0.2) is 22.0 Å². The Hall–Kier alpha value is -3.48. The zero-order valence-electron chi connectivity index (χ0n) is 13.2. The van der Waals surface area contributed by atoms with Crippen LogP contribution in [0.3, 0.4) is 0 Å². The summed E-state index contributed by atoms with van der Waals surface area (Å²) in [6.07, 6.45) is 1.30. The third-order valence-corrected chi connectivity index (χ3v) is 3.66. The highest BCUT2D eigenvalue weighted by atomic mass is 19.1.